The maximum Gasteiger partial charge on any atom is 0.329 e. The number of furan rings is 1. The van der Waals surface area contributed by atoms with Gasteiger partial charge in [0.15, 0.2) is 12.0 Å². The second kappa shape index (κ2) is 14.8. The molecule has 2 heterocycles. The molecule has 0 fully saturated rings. The van der Waals surface area contributed by atoms with Gasteiger partial charge >= 0.3 is 5.97 Å². The minimum Gasteiger partial charge on any atom is -0.480 e. The van der Waals surface area contributed by atoms with Crippen molar-refractivity contribution in [1.82, 2.24) is 20.9 Å². The predicted octanol–water partition coefficient (Wildman–Crippen LogP) is -0.733. The van der Waals surface area contributed by atoms with Crippen molar-refractivity contribution < 1.29 is 38.9 Å². The SMILES string of the molecule is Cc1c(C(O)C(NC(=O)CCCNC(=O)C(CC2=CCN(C(=N)N)C2)NC(=O)C(N)C(C)O)C(=O)O)oc2c(C)cccc12. The van der Waals surface area contributed by atoms with E-state index in [0.717, 1.165) is 16.5 Å². The van der Waals surface area contributed by atoms with Gasteiger partial charge in [-0.25, -0.2) is 4.79 Å². The van der Waals surface area contributed by atoms with E-state index in [1.807, 2.05) is 19.1 Å². The Bertz CT molecular complexity index is 1440. The molecule has 15 heteroatoms. The number of aliphatic hydroxyl groups is 2. The van der Waals surface area contributed by atoms with Crippen molar-refractivity contribution in [2.75, 3.05) is 19.6 Å². The standard InChI is InChI=1S/C29H41N7O8/c1-14-6-4-7-18-15(2)25(44-24(14)18)23(39)22(28(42)43)35-20(38)8-5-10-33-26(40)19(34-27(41)21(30)16(3)37)12-17-9-11-36(13-17)29(31)32/h4,6-7,9,16,19,21-23,37,39H,5,8,10-13,30H2,1-3H3,(H3,31,32)(H,33,40)(H,34,41)(H,35,38)(H,42,43). The van der Waals surface area contributed by atoms with Crippen LogP contribution in [-0.2, 0) is 19.2 Å². The molecule has 1 aromatic carbocycles. The molecule has 1 aliphatic heterocycles. The van der Waals surface area contributed by atoms with Gasteiger partial charge in [-0.15, -0.1) is 0 Å². The number of nitrogens with two attached hydrogens (primary N) is 2. The summed E-state index contributed by atoms with van der Waals surface area (Å²) < 4.78 is 5.78. The first-order valence-corrected chi connectivity index (χ1v) is 14.2. The number of fused-ring (bicyclic) bond motifs is 1. The molecule has 2 aromatic rings. The Kier molecular flexibility index (Phi) is 11.5. The number of hydrogen-bond donors (Lipinski definition) is 9. The van der Waals surface area contributed by atoms with E-state index in [0.29, 0.717) is 24.2 Å². The first kappa shape index (κ1) is 34.0. The van der Waals surface area contributed by atoms with Gasteiger partial charge in [-0.2, -0.15) is 0 Å². The summed E-state index contributed by atoms with van der Waals surface area (Å²) in [7, 11) is 0. The molecule has 0 saturated heterocycles. The zero-order chi connectivity index (χ0) is 32.7. The summed E-state index contributed by atoms with van der Waals surface area (Å²) in [5.74, 6) is -3.49. The molecule has 44 heavy (non-hydrogen) atoms. The number of aryl methyl sites for hydroxylation is 2. The van der Waals surface area contributed by atoms with E-state index < -0.39 is 54.0 Å². The highest BCUT2D eigenvalue weighted by Gasteiger charge is 2.34. The fourth-order valence-corrected chi connectivity index (χ4v) is 4.84. The van der Waals surface area contributed by atoms with Gasteiger partial charge in [0.05, 0.1) is 6.10 Å². The van der Waals surface area contributed by atoms with Gasteiger partial charge in [0.2, 0.25) is 17.7 Å². The Morgan fingerprint density at radius 2 is 1.84 bits per heavy atom. The zero-order valence-electron chi connectivity index (χ0n) is 24.9. The molecule has 0 aliphatic carbocycles. The zero-order valence-corrected chi connectivity index (χ0v) is 24.9. The monoisotopic (exact) mass is 615 g/mol. The third-order valence-electron chi connectivity index (χ3n) is 7.50. The van der Waals surface area contributed by atoms with Crippen LogP contribution < -0.4 is 27.4 Å². The molecule has 5 unspecified atom stereocenters. The molecule has 0 bridgehead atoms. The van der Waals surface area contributed by atoms with Gasteiger partial charge in [-0.05, 0) is 39.2 Å². The number of rotatable bonds is 14. The summed E-state index contributed by atoms with van der Waals surface area (Å²) >= 11 is 0. The number of carbonyl (C=O) groups is 4. The van der Waals surface area contributed by atoms with Crippen LogP contribution >= 0.6 is 0 Å². The molecule has 0 spiro atoms. The molecule has 1 aliphatic rings. The van der Waals surface area contributed by atoms with Gasteiger partial charge in [-0.1, -0.05) is 29.8 Å². The lowest BCUT2D eigenvalue weighted by molar-refractivity contribution is -0.145. The summed E-state index contributed by atoms with van der Waals surface area (Å²) in [5, 5.41) is 46.1. The minimum absolute atomic E-state index is 0.0158. The lowest BCUT2D eigenvalue weighted by atomic mass is 10.0. The van der Waals surface area contributed by atoms with Crippen LogP contribution in [0.25, 0.3) is 11.0 Å². The average Bonchev–Trinajstić information content (AvgIpc) is 3.58. The van der Waals surface area contributed by atoms with E-state index in [1.54, 1.807) is 24.0 Å². The number of carbonyl (C=O) groups excluding carboxylic acids is 3. The third kappa shape index (κ3) is 8.33. The van der Waals surface area contributed by atoms with Crippen molar-refractivity contribution in [1.29, 1.82) is 5.41 Å². The maximum atomic E-state index is 13.0. The van der Waals surface area contributed by atoms with Gasteiger partial charge in [0.1, 0.15) is 29.5 Å². The van der Waals surface area contributed by atoms with E-state index >= 15 is 0 Å². The Hall–Kier alpha value is -4.47. The fourth-order valence-electron chi connectivity index (χ4n) is 4.84. The largest absolute Gasteiger partial charge is 0.480 e. The number of guanidine groups is 1. The minimum atomic E-state index is -1.68. The summed E-state index contributed by atoms with van der Waals surface area (Å²) in [6, 6.07) is 1.45. The molecule has 15 nitrogen and oxygen atoms in total. The highest BCUT2D eigenvalue weighted by Crippen LogP contribution is 2.32. The van der Waals surface area contributed by atoms with Crippen LogP contribution in [0, 0.1) is 19.3 Å². The molecule has 0 radical (unpaired) electrons. The Labute approximate surface area is 254 Å². The third-order valence-corrected chi connectivity index (χ3v) is 7.50. The number of para-hydroxylation sites is 1. The molecule has 3 rings (SSSR count). The van der Waals surface area contributed by atoms with E-state index in [1.165, 1.54) is 6.92 Å². The van der Waals surface area contributed by atoms with E-state index in [4.69, 9.17) is 21.3 Å². The first-order chi connectivity index (χ1) is 20.7. The summed E-state index contributed by atoms with van der Waals surface area (Å²) in [6.07, 6.45) is -0.940. The molecule has 5 atom stereocenters. The smallest absolute Gasteiger partial charge is 0.329 e. The molecule has 3 amide bonds. The number of nitrogens with zero attached hydrogens (tertiary/aromatic N) is 1. The van der Waals surface area contributed by atoms with Crippen molar-refractivity contribution in [2.24, 2.45) is 11.5 Å². The number of benzene rings is 1. The highest BCUT2D eigenvalue weighted by atomic mass is 16.4. The number of nitrogens with one attached hydrogen (secondary N) is 4. The quantitative estimate of drug-likeness (QED) is 0.0554. The molecule has 1 aromatic heterocycles. The van der Waals surface area contributed by atoms with Crippen molar-refractivity contribution in [3.05, 3.63) is 46.7 Å². The second-order valence-electron chi connectivity index (χ2n) is 10.9. The van der Waals surface area contributed by atoms with Crippen LogP contribution in [0.15, 0.2) is 34.3 Å². The molecule has 11 N–H and O–H groups in total. The van der Waals surface area contributed by atoms with Crippen molar-refractivity contribution in [2.45, 2.75) is 70.4 Å². The van der Waals surface area contributed by atoms with Crippen LogP contribution in [0.3, 0.4) is 0 Å². The van der Waals surface area contributed by atoms with Crippen LogP contribution in [-0.4, -0.2) is 93.7 Å². The highest BCUT2D eigenvalue weighted by molar-refractivity contribution is 5.90. The average molecular weight is 616 g/mol. The molecular formula is C29H41N7O8. The van der Waals surface area contributed by atoms with Gasteiger partial charge < -0.3 is 52.1 Å². The Morgan fingerprint density at radius 1 is 1.14 bits per heavy atom. The number of hydrogen-bond acceptors (Lipinski definition) is 9. The van der Waals surface area contributed by atoms with Crippen LogP contribution in [0.4, 0.5) is 0 Å². The van der Waals surface area contributed by atoms with Crippen LogP contribution in [0.1, 0.15) is 49.2 Å². The number of carboxylic acid groups (broad SMARTS) is 1. The number of amides is 3. The second-order valence-corrected chi connectivity index (χ2v) is 10.9. The number of carboxylic acids is 1. The lowest BCUT2D eigenvalue weighted by Gasteiger charge is -2.23. The van der Waals surface area contributed by atoms with E-state index in [-0.39, 0.29) is 37.5 Å². The van der Waals surface area contributed by atoms with Crippen molar-refractivity contribution in [3.63, 3.8) is 0 Å². The number of aliphatic carboxylic acids is 1. The lowest BCUT2D eigenvalue weighted by Crippen LogP contribution is -2.54. The van der Waals surface area contributed by atoms with E-state index in [2.05, 4.69) is 16.0 Å². The Morgan fingerprint density at radius 3 is 2.43 bits per heavy atom. The predicted molar refractivity (Wildman–Crippen MR) is 160 cm³/mol. The molecule has 0 saturated carbocycles. The summed E-state index contributed by atoms with van der Waals surface area (Å²) in [6.45, 7) is 5.58. The van der Waals surface area contributed by atoms with Crippen LogP contribution in [0.5, 0.6) is 0 Å². The Balaban J connectivity index is 1.57. The topological polar surface area (TPSA) is 257 Å². The molecule has 240 valence electrons. The fraction of sp³-hybridized carbons (Fsp3) is 0.483. The normalized spacial score (nSPS) is 16.4. The van der Waals surface area contributed by atoms with E-state index in [9.17, 15) is 34.5 Å². The maximum absolute atomic E-state index is 13.0. The van der Waals surface area contributed by atoms with Crippen molar-refractivity contribution >= 4 is 40.6 Å². The summed E-state index contributed by atoms with van der Waals surface area (Å²) in [5.41, 5.74) is 13.9. The van der Waals surface area contributed by atoms with Crippen molar-refractivity contribution in [3.8, 4) is 0 Å². The number of aliphatic hydroxyl groups excluding tert-OH is 2. The van der Waals surface area contributed by atoms with Crippen LogP contribution in [0.2, 0.25) is 0 Å². The summed E-state index contributed by atoms with van der Waals surface area (Å²) in [4.78, 5) is 51.6. The van der Waals surface area contributed by atoms with Gasteiger partial charge in [0.25, 0.3) is 0 Å². The van der Waals surface area contributed by atoms with Gasteiger partial charge in [-0.3, -0.25) is 19.8 Å². The molecular weight excluding hydrogens is 574 g/mol. The van der Waals surface area contributed by atoms with Gasteiger partial charge in [0, 0.05) is 37.0 Å². The first-order valence-electron chi connectivity index (χ1n) is 14.2.